The lowest BCUT2D eigenvalue weighted by Gasteiger charge is -2.38. The summed E-state index contributed by atoms with van der Waals surface area (Å²) in [5.41, 5.74) is 1.31. The number of benzene rings is 1. The zero-order chi connectivity index (χ0) is 14.5. The van der Waals surface area contributed by atoms with Crippen LogP contribution in [0.15, 0.2) is 18.2 Å². The number of methoxy groups -OCH3 is 1. The van der Waals surface area contributed by atoms with Gasteiger partial charge in [-0.25, -0.2) is 0 Å². The van der Waals surface area contributed by atoms with Crippen molar-refractivity contribution in [3.05, 3.63) is 28.8 Å². The van der Waals surface area contributed by atoms with Crippen LogP contribution in [0.25, 0.3) is 0 Å². The monoisotopic (exact) mass is 296 g/mol. The third-order valence-corrected chi connectivity index (χ3v) is 4.56. The zero-order valence-electron chi connectivity index (χ0n) is 12.7. The predicted octanol–water partition coefficient (Wildman–Crippen LogP) is 3.34. The lowest BCUT2D eigenvalue weighted by atomic mass is 9.90. The largest absolute Gasteiger partial charge is 0.495 e. The Morgan fingerprint density at radius 3 is 2.65 bits per heavy atom. The molecule has 0 radical (unpaired) electrons. The molecule has 0 spiro atoms. The fourth-order valence-corrected chi connectivity index (χ4v) is 3.14. The van der Waals surface area contributed by atoms with Crippen molar-refractivity contribution < 1.29 is 4.74 Å². The SMILES string of the molecule is CCC(C)[C@@H](c1ccc(Cl)c(OC)c1)N1CCNCC1. The van der Waals surface area contributed by atoms with Crippen molar-refractivity contribution >= 4 is 11.6 Å². The number of halogens is 1. The number of piperazine rings is 1. The van der Waals surface area contributed by atoms with Gasteiger partial charge in [-0.15, -0.1) is 0 Å². The van der Waals surface area contributed by atoms with Crippen molar-refractivity contribution in [2.24, 2.45) is 5.92 Å². The van der Waals surface area contributed by atoms with Crippen LogP contribution in [0.3, 0.4) is 0 Å². The summed E-state index contributed by atoms with van der Waals surface area (Å²) in [4.78, 5) is 2.58. The molecule has 0 amide bonds. The fraction of sp³-hybridized carbons (Fsp3) is 0.625. The average Bonchev–Trinajstić information content (AvgIpc) is 2.50. The Labute approximate surface area is 127 Å². The van der Waals surface area contributed by atoms with E-state index in [1.54, 1.807) is 7.11 Å². The highest BCUT2D eigenvalue weighted by molar-refractivity contribution is 6.32. The molecule has 112 valence electrons. The molecule has 1 aliphatic rings. The fourth-order valence-electron chi connectivity index (χ4n) is 2.94. The van der Waals surface area contributed by atoms with Crippen molar-refractivity contribution in [2.45, 2.75) is 26.3 Å². The quantitative estimate of drug-likeness (QED) is 0.902. The summed E-state index contributed by atoms with van der Waals surface area (Å²) in [6.45, 7) is 8.91. The molecule has 1 unspecified atom stereocenters. The molecule has 1 aromatic rings. The van der Waals surface area contributed by atoms with Gasteiger partial charge in [-0.05, 0) is 23.6 Å². The normalized spacial score (nSPS) is 19.6. The average molecular weight is 297 g/mol. The number of rotatable bonds is 5. The molecule has 1 saturated heterocycles. The summed E-state index contributed by atoms with van der Waals surface area (Å²) >= 11 is 6.15. The molecule has 2 rings (SSSR count). The molecule has 3 nitrogen and oxygen atoms in total. The van der Waals surface area contributed by atoms with Gasteiger partial charge in [-0.3, -0.25) is 4.90 Å². The number of nitrogens with zero attached hydrogens (tertiary/aromatic N) is 1. The van der Waals surface area contributed by atoms with Crippen molar-refractivity contribution in [1.82, 2.24) is 10.2 Å². The third-order valence-electron chi connectivity index (χ3n) is 4.24. The van der Waals surface area contributed by atoms with Crippen LogP contribution < -0.4 is 10.1 Å². The van der Waals surface area contributed by atoms with Crippen LogP contribution in [0.5, 0.6) is 5.75 Å². The van der Waals surface area contributed by atoms with Crippen LogP contribution in [0.2, 0.25) is 5.02 Å². The standard InChI is InChI=1S/C16H25ClN2O/c1-4-12(2)16(19-9-7-18-8-10-19)13-5-6-14(17)15(11-13)20-3/h5-6,11-12,16,18H,4,7-10H2,1-3H3/t12?,16-/m0/s1. The minimum absolute atomic E-state index is 0.438. The highest BCUT2D eigenvalue weighted by Gasteiger charge is 2.26. The lowest BCUT2D eigenvalue weighted by molar-refractivity contribution is 0.128. The number of nitrogens with one attached hydrogen (secondary N) is 1. The van der Waals surface area contributed by atoms with Crippen LogP contribution in [-0.4, -0.2) is 38.2 Å². The molecule has 0 saturated carbocycles. The Kier molecular flexibility index (Phi) is 5.70. The van der Waals surface area contributed by atoms with Crippen LogP contribution in [0.1, 0.15) is 31.9 Å². The van der Waals surface area contributed by atoms with Crippen molar-refractivity contribution in [3.63, 3.8) is 0 Å². The van der Waals surface area contributed by atoms with Crippen LogP contribution in [0, 0.1) is 5.92 Å². The first-order valence-corrected chi connectivity index (χ1v) is 7.83. The molecule has 0 aliphatic carbocycles. The van der Waals surface area contributed by atoms with Crippen LogP contribution in [-0.2, 0) is 0 Å². The van der Waals surface area contributed by atoms with Crippen molar-refractivity contribution in [1.29, 1.82) is 0 Å². The van der Waals surface area contributed by atoms with Gasteiger partial charge in [0.2, 0.25) is 0 Å². The van der Waals surface area contributed by atoms with Gasteiger partial charge in [0.25, 0.3) is 0 Å². The summed E-state index contributed by atoms with van der Waals surface area (Å²) < 4.78 is 5.37. The summed E-state index contributed by atoms with van der Waals surface area (Å²) in [6.07, 6.45) is 1.17. The molecule has 1 N–H and O–H groups in total. The molecule has 1 fully saturated rings. The maximum Gasteiger partial charge on any atom is 0.137 e. The van der Waals surface area contributed by atoms with Crippen molar-refractivity contribution in [2.75, 3.05) is 33.3 Å². The van der Waals surface area contributed by atoms with E-state index in [2.05, 4.69) is 36.2 Å². The highest BCUT2D eigenvalue weighted by Crippen LogP contribution is 2.35. The van der Waals surface area contributed by atoms with E-state index in [0.717, 1.165) is 31.9 Å². The van der Waals surface area contributed by atoms with Crippen LogP contribution >= 0.6 is 11.6 Å². The second kappa shape index (κ2) is 7.30. The second-order valence-electron chi connectivity index (χ2n) is 5.51. The zero-order valence-corrected chi connectivity index (χ0v) is 13.4. The Morgan fingerprint density at radius 1 is 1.35 bits per heavy atom. The summed E-state index contributed by atoms with van der Waals surface area (Å²) in [6, 6.07) is 6.63. The molecule has 1 aromatic carbocycles. The van der Waals surface area contributed by atoms with E-state index in [0.29, 0.717) is 17.0 Å². The van der Waals surface area contributed by atoms with Gasteiger partial charge in [0, 0.05) is 32.2 Å². The van der Waals surface area contributed by atoms with Gasteiger partial charge in [0.15, 0.2) is 0 Å². The van der Waals surface area contributed by atoms with E-state index in [1.807, 2.05) is 6.07 Å². The molecule has 0 bridgehead atoms. The van der Waals surface area contributed by atoms with Gasteiger partial charge in [-0.1, -0.05) is 37.9 Å². The van der Waals surface area contributed by atoms with E-state index >= 15 is 0 Å². The molecule has 0 aromatic heterocycles. The van der Waals surface area contributed by atoms with E-state index in [4.69, 9.17) is 16.3 Å². The smallest absolute Gasteiger partial charge is 0.137 e. The molecule has 20 heavy (non-hydrogen) atoms. The van der Waals surface area contributed by atoms with Gasteiger partial charge >= 0.3 is 0 Å². The van der Waals surface area contributed by atoms with Gasteiger partial charge in [0.05, 0.1) is 12.1 Å². The van der Waals surface area contributed by atoms with Crippen molar-refractivity contribution in [3.8, 4) is 5.75 Å². The maximum atomic E-state index is 6.15. The minimum Gasteiger partial charge on any atom is -0.495 e. The van der Waals surface area contributed by atoms with Gasteiger partial charge in [0.1, 0.15) is 5.75 Å². The second-order valence-corrected chi connectivity index (χ2v) is 5.92. The molecule has 4 heteroatoms. The molecular weight excluding hydrogens is 272 g/mol. The third kappa shape index (κ3) is 3.46. The minimum atomic E-state index is 0.438. The van der Waals surface area contributed by atoms with Gasteiger partial charge < -0.3 is 10.1 Å². The van der Waals surface area contributed by atoms with E-state index in [9.17, 15) is 0 Å². The predicted molar refractivity (Wildman–Crippen MR) is 84.6 cm³/mol. The highest BCUT2D eigenvalue weighted by atomic mass is 35.5. The first-order chi connectivity index (χ1) is 9.67. The van der Waals surface area contributed by atoms with E-state index < -0.39 is 0 Å². The topological polar surface area (TPSA) is 24.5 Å². The number of ether oxygens (including phenoxy) is 1. The van der Waals surface area contributed by atoms with Gasteiger partial charge in [-0.2, -0.15) is 0 Å². The first kappa shape index (κ1) is 15.6. The van der Waals surface area contributed by atoms with E-state index in [-0.39, 0.29) is 0 Å². The summed E-state index contributed by atoms with van der Waals surface area (Å²) in [7, 11) is 1.67. The summed E-state index contributed by atoms with van der Waals surface area (Å²) in [5.74, 6) is 1.38. The molecular formula is C16H25ClN2O. The molecule has 1 aliphatic heterocycles. The summed E-state index contributed by atoms with van der Waals surface area (Å²) in [5, 5.41) is 4.10. The Balaban J connectivity index is 2.30. The van der Waals surface area contributed by atoms with Crippen LogP contribution in [0.4, 0.5) is 0 Å². The first-order valence-electron chi connectivity index (χ1n) is 7.45. The maximum absolute atomic E-state index is 6.15. The Hall–Kier alpha value is -0.770. The Bertz CT molecular complexity index is 432. The number of hydrogen-bond donors (Lipinski definition) is 1. The molecule has 2 atom stereocenters. The number of hydrogen-bond acceptors (Lipinski definition) is 3. The Morgan fingerprint density at radius 2 is 2.05 bits per heavy atom. The van der Waals surface area contributed by atoms with E-state index in [1.165, 1.54) is 12.0 Å². The molecule has 1 heterocycles. The lowest BCUT2D eigenvalue weighted by Crippen LogP contribution is -2.46.